The van der Waals surface area contributed by atoms with Crippen LogP contribution >= 0.6 is 23.2 Å². The molecule has 3 aromatic rings. The summed E-state index contributed by atoms with van der Waals surface area (Å²) in [5.41, 5.74) is 3.31. The molecule has 2 heterocycles. The second kappa shape index (κ2) is 13.0. The van der Waals surface area contributed by atoms with Crippen LogP contribution in [0.5, 0.6) is 0 Å². The number of benzene rings is 2. The molecule has 1 aromatic heterocycles. The van der Waals surface area contributed by atoms with Crippen molar-refractivity contribution in [3.63, 3.8) is 0 Å². The van der Waals surface area contributed by atoms with E-state index in [0.29, 0.717) is 41.3 Å². The van der Waals surface area contributed by atoms with Crippen LogP contribution in [0.15, 0.2) is 42.5 Å². The first-order valence-corrected chi connectivity index (χ1v) is 14.3. The average molecular weight is 576 g/mol. The molecule has 4 rings (SSSR count). The molecular formula is C29H37Cl2FN6O. The van der Waals surface area contributed by atoms with E-state index in [-0.39, 0.29) is 11.8 Å². The second-order valence-corrected chi connectivity index (χ2v) is 10.9. The average Bonchev–Trinajstić information content (AvgIpc) is 3.29. The zero-order chi connectivity index (χ0) is 28.1. The number of anilines is 2. The molecule has 1 saturated heterocycles. The predicted molar refractivity (Wildman–Crippen MR) is 158 cm³/mol. The number of urea groups is 1. The summed E-state index contributed by atoms with van der Waals surface area (Å²) in [5, 5.41) is 8.77. The summed E-state index contributed by atoms with van der Waals surface area (Å²) in [4.78, 5) is 20.1. The summed E-state index contributed by atoms with van der Waals surface area (Å²) >= 11 is 12.2. The van der Waals surface area contributed by atoms with Crippen LogP contribution in [-0.4, -0.2) is 64.4 Å². The SMILES string of the molecule is CCCN(Cc1c(CC)nn(-c2ccc(F)cc2)c1N1CCN(C(C)C)CC1)C(=O)Nc1ccc(Cl)c(Cl)c1. The summed E-state index contributed by atoms with van der Waals surface area (Å²) < 4.78 is 15.7. The molecule has 1 N–H and O–H groups in total. The van der Waals surface area contributed by atoms with Crippen LogP contribution in [0.4, 0.5) is 20.7 Å². The molecule has 210 valence electrons. The Morgan fingerprint density at radius 3 is 2.33 bits per heavy atom. The van der Waals surface area contributed by atoms with Gasteiger partial charge in [-0.05, 0) is 69.2 Å². The molecule has 10 heteroatoms. The number of hydrogen-bond acceptors (Lipinski definition) is 4. The Kier molecular flexibility index (Phi) is 9.75. The van der Waals surface area contributed by atoms with Gasteiger partial charge in [0.2, 0.25) is 0 Å². The number of aryl methyl sites for hydroxylation is 1. The Morgan fingerprint density at radius 1 is 1.05 bits per heavy atom. The molecule has 0 spiro atoms. The number of carbonyl (C=O) groups is 1. The molecule has 0 radical (unpaired) electrons. The topological polar surface area (TPSA) is 56.6 Å². The first kappa shape index (κ1) is 29.2. The van der Waals surface area contributed by atoms with Gasteiger partial charge in [0.05, 0.1) is 28.0 Å². The number of rotatable bonds is 9. The maximum absolute atomic E-state index is 13.8. The first-order chi connectivity index (χ1) is 18.7. The molecule has 2 amide bonds. The fourth-order valence-electron chi connectivity index (χ4n) is 4.96. The molecule has 7 nitrogen and oxygen atoms in total. The van der Waals surface area contributed by atoms with Crippen molar-refractivity contribution in [1.29, 1.82) is 0 Å². The second-order valence-electron chi connectivity index (χ2n) is 10.1. The lowest BCUT2D eigenvalue weighted by Crippen LogP contribution is -2.49. The zero-order valence-corrected chi connectivity index (χ0v) is 24.6. The molecule has 0 atom stereocenters. The number of amides is 2. The van der Waals surface area contributed by atoms with Gasteiger partial charge in [-0.2, -0.15) is 5.10 Å². The van der Waals surface area contributed by atoms with Gasteiger partial charge in [-0.15, -0.1) is 0 Å². The number of piperazine rings is 1. The highest BCUT2D eigenvalue weighted by Crippen LogP contribution is 2.31. The predicted octanol–water partition coefficient (Wildman–Crippen LogP) is 6.86. The van der Waals surface area contributed by atoms with Crippen molar-refractivity contribution < 1.29 is 9.18 Å². The molecule has 0 bridgehead atoms. The summed E-state index contributed by atoms with van der Waals surface area (Å²) in [5.74, 6) is 0.673. The van der Waals surface area contributed by atoms with Crippen LogP contribution in [-0.2, 0) is 13.0 Å². The van der Waals surface area contributed by atoms with E-state index in [1.807, 2.05) is 16.5 Å². The van der Waals surface area contributed by atoms with E-state index in [2.05, 4.69) is 35.9 Å². The van der Waals surface area contributed by atoms with Gasteiger partial charge >= 0.3 is 6.03 Å². The summed E-state index contributed by atoms with van der Waals surface area (Å²) in [6.07, 6.45) is 1.50. The monoisotopic (exact) mass is 574 g/mol. The third kappa shape index (κ3) is 6.86. The normalized spacial score (nSPS) is 14.2. The van der Waals surface area contributed by atoms with Crippen molar-refractivity contribution >= 4 is 40.7 Å². The Bertz CT molecular complexity index is 1270. The van der Waals surface area contributed by atoms with Crippen molar-refractivity contribution in [3.05, 3.63) is 69.6 Å². The van der Waals surface area contributed by atoms with Crippen molar-refractivity contribution in [2.45, 2.75) is 53.1 Å². The van der Waals surface area contributed by atoms with Crippen LogP contribution < -0.4 is 10.2 Å². The molecule has 39 heavy (non-hydrogen) atoms. The quantitative estimate of drug-likeness (QED) is 0.303. The highest BCUT2D eigenvalue weighted by molar-refractivity contribution is 6.42. The van der Waals surface area contributed by atoms with Crippen LogP contribution in [0.25, 0.3) is 5.69 Å². The van der Waals surface area contributed by atoms with Crippen molar-refractivity contribution in [1.82, 2.24) is 19.6 Å². The number of carbonyl (C=O) groups excluding carboxylic acids is 1. The smallest absolute Gasteiger partial charge is 0.322 e. The lowest BCUT2D eigenvalue weighted by atomic mass is 10.1. The number of aromatic nitrogens is 2. The number of nitrogens with one attached hydrogen (secondary N) is 1. The van der Waals surface area contributed by atoms with Gasteiger partial charge in [0, 0.05) is 50.0 Å². The van der Waals surface area contributed by atoms with Crippen LogP contribution in [0.2, 0.25) is 10.0 Å². The van der Waals surface area contributed by atoms with E-state index in [1.54, 1.807) is 30.3 Å². The molecule has 0 unspecified atom stereocenters. The van der Waals surface area contributed by atoms with Crippen LogP contribution in [0, 0.1) is 5.82 Å². The Balaban J connectivity index is 1.70. The summed E-state index contributed by atoms with van der Waals surface area (Å²) in [6, 6.07) is 11.7. The molecule has 1 aliphatic rings. The fourth-order valence-corrected chi connectivity index (χ4v) is 5.26. The van der Waals surface area contributed by atoms with Crippen molar-refractivity contribution in [2.75, 3.05) is 42.9 Å². The largest absolute Gasteiger partial charge is 0.354 e. The molecule has 0 saturated carbocycles. The van der Waals surface area contributed by atoms with Gasteiger partial charge in [-0.25, -0.2) is 13.9 Å². The Hall–Kier alpha value is -2.81. The fraction of sp³-hybridized carbons (Fsp3) is 0.448. The minimum absolute atomic E-state index is 0.220. The Labute approximate surface area is 240 Å². The third-order valence-corrected chi connectivity index (χ3v) is 7.83. The van der Waals surface area contributed by atoms with Gasteiger partial charge in [0.15, 0.2) is 0 Å². The van der Waals surface area contributed by atoms with Gasteiger partial charge in [0.1, 0.15) is 11.6 Å². The van der Waals surface area contributed by atoms with E-state index in [9.17, 15) is 9.18 Å². The standard InChI is InChI=1S/C29H37Cl2FN6O/c1-5-13-37(29(39)33-22-9-12-25(30)26(31)18-22)19-24-27(6-2)34-38(23-10-7-21(32)8-11-23)28(24)36-16-14-35(15-17-36)20(3)4/h7-12,18,20H,5-6,13-17,19H2,1-4H3,(H,33,39). The van der Waals surface area contributed by atoms with Crippen LogP contribution in [0.3, 0.4) is 0 Å². The molecule has 2 aromatic carbocycles. The van der Waals surface area contributed by atoms with Gasteiger partial charge < -0.3 is 15.1 Å². The van der Waals surface area contributed by atoms with E-state index >= 15 is 0 Å². The lowest BCUT2D eigenvalue weighted by molar-refractivity contribution is 0.206. The molecular weight excluding hydrogens is 538 g/mol. The highest BCUT2D eigenvalue weighted by Gasteiger charge is 2.29. The minimum Gasteiger partial charge on any atom is -0.354 e. The van der Waals surface area contributed by atoms with Crippen molar-refractivity contribution in [3.8, 4) is 5.69 Å². The van der Waals surface area contributed by atoms with Crippen molar-refractivity contribution in [2.24, 2.45) is 0 Å². The Morgan fingerprint density at radius 2 is 1.74 bits per heavy atom. The third-order valence-electron chi connectivity index (χ3n) is 7.09. The van der Waals surface area contributed by atoms with E-state index in [0.717, 1.165) is 55.4 Å². The first-order valence-electron chi connectivity index (χ1n) is 13.6. The highest BCUT2D eigenvalue weighted by atomic mass is 35.5. The molecule has 1 fully saturated rings. The van der Waals surface area contributed by atoms with Crippen LogP contribution in [0.1, 0.15) is 45.4 Å². The molecule has 0 aliphatic carbocycles. The lowest BCUT2D eigenvalue weighted by Gasteiger charge is -2.38. The van der Waals surface area contributed by atoms with E-state index < -0.39 is 0 Å². The zero-order valence-electron chi connectivity index (χ0n) is 23.1. The van der Waals surface area contributed by atoms with E-state index in [4.69, 9.17) is 28.3 Å². The maximum Gasteiger partial charge on any atom is 0.322 e. The number of hydrogen-bond donors (Lipinski definition) is 1. The maximum atomic E-state index is 13.8. The minimum atomic E-state index is -0.290. The van der Waals surface area contributed by atoms with Gasteiger partial charge in [0.25, 0.3) is 0 Å². The van der Waals surface area contributed by atoms with Gasteiger partial charge in [-0.1, -0.05) is 37.0 Å². The van der Waals surface area contributed by atoms with E-state index in [1.165, 1.54) is 12.1 Å². The van der Waals surface area contributed by atoms with Gasteiger partial charge in [-0.3, -0.25) is 4.90 Å². The number of nitrogens with zero attached hydrogens (tertiary/aromatic N) is 5. The number of halogens is 3. The summed E-state index contributed by atoms with van der Waals surface area (Å²) in [7, 11) is 0. The molecule has 1 aliphatic heterocycles. The summed E-state index contributed by atoms with van der Waals surface area (Å²) in [6.45, 7) is 13.1.